The first kappa shape index (κ1) is 25.1. The van der Waals surface area contributed by atoms with Crippen LogP contribution < -0.4 is 5.32 Å². The molecule has 0 aliphatic carbocycles. The van der Waals surface area contributed by atoms with Gasteiger partial charge in [-0.25, -0.2) is 8.42 Å². The van der Waals surface area contributed by atoms with Crippen LogP contribution >= 0.6 is 0 Å². The van der Waals surface area contributed by atoms with Crippen LogP contribution in [-0.2, 0) is 26.0 Å². The van der Waals surface area contributed by atoms with Crippen LogP contribution in [0.3, 0.4) is 0 Å². The maximum atomic E-state index is 12.5. The third-order valence-electron chi connectivity index (χ3n) is 5.23. The van der Waals surface area contributed by atoms with Crippen molar-refractivity contribution in [3.63, 3.8) is 0 Å². The van der Waals surface area contributed by atoms with Gasteiger partial charge in [0.2, 0.25) is 21.8 Å². The zero-order chi connectivity index (χ0) is 23.2. The van der Waals surface area contributed by atoms with E-state index >= 15 is 0 Å². The number of sulfonamides is 1. The molecular formula is C20H28F3N3O4S. The fourth-order valence-electron chi connectivity index (χ4n) is 3.58. The van der Waals surface area contributed by atoms with Crippen LogP contribution in [0.25, 0.3) is 0 Å². The molecule has 0 saturated carbocycles. The monoisotopic (exact) mass is 463 g/mol. The quantitative estimate of drug-likeness (QED) is 0.609. The van der Waals surface area contributed by atoms with Crippen LogP contribution in [0.15, 0.2) is 29.2 Å². The molecule has 1 aromatic carbocycles. The molecule has 1 unspecified atom stereocenters. The fraction of sp³-hybridized carbons (Fsp3) is 0.600. The van der Waals surface area contributed by atoms with Gasteiger partial charge in [-0.05, 0) is 37.0 Å². The lowest BCUT2D eigenvalue weighted by Gasteiger charge is -2.24. The number of rotatable bonds is 9. The highest BCUT2D eigenvalue weighted by atomic mass is 32.2. The SMILES string of the molecule is CCN(CC)S(=O)(=O)c1ccc(CCC(=O)N2CCCC2C(=O)NCC(F)(F)F)cc1. The van der Waals surface area contributed by atoms with E-state index in [1.807, 2.05) is 5.32 Å². The lowest BCUT2D eigenvalue weighted by atomic mass is 10.1. The van der Waals surface area contributed by atoms with Crippen molar-refractivity contribution in [2.75, 3.05) is 26.2 Å². The Morgan fingerprint density at radius 3 is 2.32 bits per heavy atom. The average Bonchev–Trinajstić information content (AvgIpc) is 3.21. The summed E-state index contributed by atoms with van der Waals surface area (Å²) in [6.45, 7) is 3.15. The average molecular weight is 464 g/mol. The summed E-state index contributed by atoms with van der Waals surface area (Å²) in [4.78, 5) is 26.1. The van der Waals surface area contributed by atoms with Crippen molar-refractivity contribution in [3.05, 3.63) is 29.8 Å². The van der Waals surface area contributed by atoms with E-state index in [0.717, 1.165) is 5.56 Å². The molecule has 1 aromatic rings. The minimum absolute atomic E-state index is 0.0746. The van der Waals surface area contributed by atoms with E-state index in [1.54, 1.807) is 26.0 Å². The van der Waals surface area contributed by atoms with Crippen LogP contribution in [0.1, 0.15) is 38.7 Å². The Balaban J connectivity index is 1.95. The number of hydrogen-bond acceptors (Lipinski definition) is 4. The summed E-state index contributed by atoms with van der Waals surface area (Å²) < 4.78 is 63.3. The van der Waals surface area contributed by atoms with E-state index in [4.69, 9.17) is 0 Å². The summed E-state index contributed by atoms with van der Waals surface area (Å²) in [5, 5.41) is 1.84. The molecule has 1 fully saturated rings. The first-order valence-corrected chi connectivity index (χ1v) is 11.7. The largest absolute Gasteiger partial charge is 0.405 e. The molecule has 0 spiro atoms. The van der Waals surface area contributed by atoms with E-state index in [2.05, 4.69) is 0 Å². The van der Waals surface area contributed by atoms with Gasteiger partial charge in [-0.1, -0.05) is 26.0 Å². The van der Waals surface area contributed by atoms with Crippen molar-refractivity contribution in [1.82, 2.24) is 14.5 Å². The van der Waals surface area contributed by atoms with E-state index in [0.29, 0.717) is 38.9 Å². The van der Waals surface area contributed by atoms with Crippen molar-refractivity contribution < 1.29 is 31.2 Å². The number of nitrogens with one attached hydrogen (secondary N) is 1. The Morgan fingerprint density at radius 2 is 1.77 bits per heavy atom. The minimum Gasteiger partial charge on any atom is -0.345 e. The number of benzene rings is 1. The molecule has 1 atom stereocenters. The molecule has 7 nitrogen and oxygen atoms in total. The second kappa shape index (κ2) is 10.4. The Hall–Kier alpha value is -2.14. The number of alkyl halides is 3. The first-order chi connectivity index (χ1) is 14.5. The van der Waals surface area contributed by atoms with Gasteiger partial charge in [0.15, 0.2) is 0 Å². The van der Waals surface area contributed by atoms with Crippen molar-refractivity contribution >= 4 is 21.8 Å². The van der Waals surface area contributed by atoms with Crippen molar-refractivity contribution in [1.29, 1.82) is 0 Å². The highest BCUT2D eigenvalue weighted by Gasteiger charge is 2.36. The zero-order valence-corrected chi connectivity index (χ0v) is 18.4. The van der Waals surface area contributed by atoms with Crippen LogP contribution in [0.5, 0.6) is 0 Å². The molecule has 1 saturated heterocycles. The van der Waals surface area contributed by atoms with E-state index < -0.39 is 34.7 Å². The lowest BCUT2D eigenvalue weighted by molar-refractivity contribution is -0.144. The number of hydrogen-bond donors (Lipinski definition) is 1. The zero-order valence-electron chi connectivity index (χ0n) is 17.6. The molecule has 1 N–H and O–H groups in total. The van der Waals surface area contributed by atoms with E-state index in [-0.39, 0.29) is 17.2 Å². The number of likely N-dealkylation sites (tertiary alicyclic amines) is 1. The summed E-state index contributed by atoms with van der Waals surface area (Å²) in [5.74, 6) is -1.11. The molecule has 1 aliphatic heterocycles. The van der Waals surface area contributed by atoms with Gasteiger partial charge in [0.25, 0.3) is 0 Å². The summed E-state index contributed by atoms with van der Waals surface area (Å²) >= 11 is 0. The van der Waals surface area contributed by atoms with Gasteiger partial charge in [0.1, 0.15) is 12.6 Å². The standard InChI is InChI=1S/C20H28F3N3O4S/c1-3-25(4-2)31(29,30)16-10-7-15(8-11-16)9-12-18(27)26-13-5-6-17(26)19(28)24-14-20(21,22)23/h7-8,10-11,17H,3-6,9,12-14H2,1-2H3,(H,24,28). The van der Waals surface area contributed by atoms with E-state index in [9.17, 15) is 31.2 Å². The normalized spacial score (nSPS) is 17.2. The van der Waals surface area contributed by atoms with Gasteiger partial charge < -0.3 is 10.2 Å². The van der Waals surface area contributed by atoms with Gasteiger partial charge in [-0.2, -0.15) is 17.5 Å². The van der Waals surface area contributed by atoms with E-state index in [1.165, 1.54) is 21.3 Å². The van der Waals surface area contributed by atoms with Gasteiger partial charge in [-0.3, -0.25) is 9.59 Å². The summed E-state index contributed by atoms with van der Waals surface area (Å²) in [6, 6.07) is 5.38. The molecule has 31 heavy (non-hydrogen) atoms. The van der Waals surface area contributed by atoms with Crippen molar-refractivity contribution in [2.45, 2.75) is 56.6 Å². The maximum Gasteiger partial charge on any atom is 0.405 e. The summed E-state index contributed by atoms with van der Waals surface area (Å²) in [7, 11) is -3.56. The molecule has 2 rings (SSSR count). The number of halogens is 3. The topological polar surface area (TPSA) is 86.8 Å². The molecular weight excluding hydrogens is 435 g/mol. The van der Waals surface area contributed by atoms with Gasteiger partial charge in [0, 0.05) is 26.1 Å². The van der Waals surface area contributed by atoms with Crippen LogP contribution in [0.4, 0.5) is 13.2 Å². The highest BCUT2D eigenvalue weighted by molar-refractivity contribution is 7.89. The summed E-state index contributed by atoms with van der Waals surface area (Å²) in [5.41, 5.74) is 0.754. The molecule has 1 aliphatic rings. The maximum absolute atomic E-state index is 12.5. The Labute approximate surface area is 180 Å². The van der Waals surface area contributed by atoms with Crippen molar-refractivity contribution in [2.24, 2.45) is 0 Å². The number of carbonyl (C=O) groups excluding carboxylic acids is 2. The Morgan fingerprint density at radius 1 is 1.16 bits per heavy atom. The van der Waals surface area contributed by atoms with Gasteiger partial charge in [0.05, 0.1) is 4.90 Å². The van der Waals surface area contributed by atoms with Gasteiger partial charge in [-0.15, -0.1) is 0 Å². The Bertz CT molecular complexity index is 869. The third kappa shape index (κ3) is 6.67. The number of aryl methyl sites for hydroxylation is 1. The fourth-order valence-corrected chi connectivity index (χ4v) is 5.04. The lowest BCUT2D eigenvalue weighted by Crippen LogP contribution is -2.48. The predicted octanol–water partition coefficient (Wildman–Crippen LogP) is 2.32. The summed E-state index contributed by atoms with van der Waals surface area (Å²) in [6.07, 6.45) is -3.22. The number of carbonyl (C=O) groups is 2. The van der Waals surface area contributed by atoms with Crippen molar-refractivity contribution in [3.8, 4) is 0 Å². The molecule has 1 heterocycles. The van der Waals surface area contributed by atoms with Crippen LogP contribution in [0.2, 0.25) is 0 Å². The highest BCUT2D eigenvalue weighted by Crippen LogP contribution is 2.21. The van der Waals surface area contributed by atoms with Crippen LogP contribution in [-0.4, -0.2) is 67.8 Å². The number of amides is 2. The molecule has 11 heteroatoms. The molecule has 2 amide bonds. The first-order valence-electron chi connectivity index (χ1n) is 10.2. The van der Waals surface area contributed by atoms with Gasteiger partial charge >= 0.3 is 6.18 Å². The molecule has 0 aromatic heterocycles. The second-order valence-corrected chi connectivity index (χ2v) is 9.25. The second-order valence-electron chi connectivity index (χ2n) is 7.31. The molecule has 174 valence electrons. The third-order valence-corrected chi connectivity index (χ3v) is 7.30. The molecule has 0 radical (unpaired) electrons. The Kier molecular flexibility index (Phi) is 8.47. The predicted molar refractivity (Wildman–Crippen MR) is 109 cm³/mol. The number of nitrogens with zero attached hydrogens (tertiary/aromatic N) is 2. The smallest absolute Gasteiger partial charge is 0.345 e. The molecule has 0 bridgehead atoms. The minimum atomic E-state index is -4.51. The van der Waals surface area contributed by atoms with Crippen LogP contribution in [0, 0.1) is 0 Å².